The van der Waals surface area contributed by atoms with Gasteiger partial charge in [0.05, 0.1) is 5.56 Å². The SMILES string of the molecule is CC=CC=CCc1cc(O)ccc1C(=O)O. The number of carbonyl (C=O) groups is 1. The van der Waals surface area contributed by atoms with E-state index in [0.29, 0.717) is 12.0 Å². The van der Waals surface area contributed by atoms with Crippen LogP contribution in [0, 0.1) is 0 Å². The molecule has 0 radical (unpaired) electrons. The lowest BCUT2D eigenvalue weighted by atomic mass is 10.0. The summed E-state index contributed by atoms with van der Waals surface area (Å²) >= 11 is 0. The lowest BCUT2D eigenvalue weighted by molar-refractivity contribution is 0.0696. The fraction of sp³-hybridized carbons (Fsp3) is 0.154. The van der Waals surface area contributed by atoms with Gasteiger partial charge in [-0.25, -0.2) is 4.79 Å². The highest BCUT2D eigenvalue weighted by molar-refractivity contribution is 5.89. The zero-order valence-electron chi connectivity index (χ0n) is 9.05. The van der Waals surface area contributed by atoms with E-state index in [4.69, 9.17) is 5.11 Å². The molecule has 3 heteroatoms. The Labute approximate surface area is 94.4 Å². The summed E-state index contributed by atoms with van der Waals surface area (Å²) in [4.78, 5) is 10.9. The molecule has 0 saturated heterocycles. The van der Waals surface area contributed by atoms with Gasteiger partial charge in [0.25, 0.3) is 0 Å². The van der Waals surface area contributed by atoms with Crippen LogP contribution in [0.25, 0.3) is 0 Å². The van der Waals surface area contributed by atoms with Gasteiger partial charge in [0, 0.05) is 0 Å². The molecule has 0 aliphatic rings. The minimum absolute atomic E-state index is 0.0828. The Morgan fingerprint density at radius 3 is 2.75 bits per heavy atom. The van der Waals surface area contributed by atoms with Crippen molar-refractivity contribution in [1.82, 2.24) is 0 Å². The summed E-state index contributed by atoms with van der Waals surface area (Å²) in [6, 6.07) is 4.27. The number of phenolic OH excluding ortho intramolecular Hbond substituents is 1. The van der Waals surface area contributed by atoms with E-state index in [1.165, 1.54) is 18.2 Å². The quantitative estimate of drug-likeness (QED) is 0.764. The van der Waals surface area contributed by atoms with Gasteiger partial charge in [-0.15, -0.1) is 0 Å². The topological polar surface area (TPSA) is 57.5 Å². The van der Waals surface area contributed by atoms with E-state index < -0.39 is 5.97 Å². The summed E-state index contributed by atoms with van der Waals surface area (Å²) in [6.07, 6.45) is 7.93. The molecule has 16 heavy (non-hydrogen) atoms. The molecule has 0 atom stereocenters. The van der Waals surface area contributed by atoms with Gasteiger partial charge < -0.3 is 10.2 Å². The van der Waals surface area contributed by atoms with Crippen LogP contribution in [-0.4, -0.2) is 16.2 Å². The number of carboxylic acids is 1. The van der Waals surface area contributed by atoms with Gasteiger partial charge in [0.1, 0.15) is 5.75 Å². The molecule has 1 rings (SSSR count). The highest BCUT2D eigenvalue weighted by atomic mass is 16.4. The average molecular weight is 218 g/mol. The molecule has 0 heterocycles. The van der Waals surface area contributed by atoms with Crippen molar-refractivity contribution in [3.8, 4) is 5.75 Å². The second-order valence-corrected chi connectivity index (χ2v) is 3.30. The van der Waals surface area contributed by atoms with Gasteiger partial charge in [0.2, 0.25) is 0 Å². The second-order valence-electron chi connectivity index (χ2n) is 3.30. The Morgan fingerprint density at radius 2 is 2.12 bits per heavy atom. The van der Waals surface area contributed by atoms with Crippen LogP contribution >= 0.6 is 0 Å². The lowest BCUT2D eigenvalue weighted by Gasteiger charge is -2.03. The summed E-state index contributed by atoms with van der Waals surface area (Å²) in [6.45, 7) is 1.90. The first-order chi connectivity index (χ1) is 7.65. The molecular formula is C13H14O3. The van der Waals surface area contributed by atoms with Crippen molar-refractivity contribution in [3.05, 3.63) is 53.6 Å². The molecule has 0 bridgehead atoms. The number of benzene rings is 1. The van der Waals surface area contributed by atoms with Crippen LogP contribution in [-0.2, 0) is 6.42 Å². The first-order valence-corrected chi connectivity index (χ1v) is 4.98. The lowest BCUT2D eigenvalue weighted by Crippen LogP contribution is -2.01. The van der Waals surface area contributed by atoms with Crippen molar-refractivity contribution in [3.63, 3.8) is 0 Å². The maximum absolute atomic E-state index is 10.9. The molecule has 0 aliphatic heterocycles. The summed E-state index contributed by atoms with van der Waals surface area (Å²) < 4.78 is 0. The van der Waals surface area contributed by atoms with E-state index in [9.17, 15) is 9.90 Å². The summed E-state index contributed by atoms with van der Waals surface area (Å²) in [5.74, 6) is -0.895. The first-order valence-electron chi connectivity index (χ1n) is 4.98. The van der Waals surface area contributed by atoms with Crippen LogP contribution in [0.5, 0.6) is 5.75 Å². The third-order valence-corrected chi connectivity index (χ3v) is 2.10. The van der Waals surface area contributed by atoms with Crippen molar-refractivity contribution in [2.75, 3.05) is 0 Å². The maximum atomic E-state index is 10.9. The van der Waals surface area contributed by atoms with Gasteiger partial charge >= 0.3 is 5.97 Å². The summed E-state index contributed by atoms with van der Waals surface area (Å²) in [7, 11) is 0. The Kier molecular flexibility index (Phi) is 4.33. The van der Waals surface area contributed by atoms with E-state index in [1.807, 2.05) is 31.2 Å². The monoisotopic (exact) mass is 218 g/mol. The van der Waals surface area contributed by atoms with Gasteiger partial charge in [-0.3, -0.25) is 0 Å². The third-order valence-electron chi connectivity index (χ3n) is 2.10. The number of aromatic carboxylic acids is 1. The molecule has 84 valence electrons. The predicted octanol–water partition coefficient (Wildman–Crippen LogP) is 2.77. The zero-order valence-corrected chi connectivity index (χ0v) is 9.05. The molecule has 0 saturated carbocycles. The molecule has 0 amide bonds. The van der Waals surface area contributed by atoms with Gasteiger partial charge in [-0.2, -0.15) is 0 Å². The van der Waals surface area contributed by atoms with Crippen molar-refractivity contribution in [1.29, 1.82) is 0 Å². The number of hydrogen-bond acceptors (Lipinski definition) is 2. The maximum Gasteiger partial charge on any atom is 0.335 e. The fourth-order valence-electron chi connectivity index (χ4n) is 1.34. The van der Waals surface area contributed by atoms with Gasteiger partial charge in [-0.05, 0) is 37.1 Å². The van der Waals surface area contributed by atoms with Crippen molar-refractivity contribution >= 4 is 5.97 Å². The number of hydrogen-bond donors (Lipinski definition) is 2. The minimum Gasteiger partial charge on any atom is -0.508 e. The minimum atomic E-state index is -0.977. The Morgan fingerprint density at radius 1 is 1.38 bits per heavy atom. The number of aromatic hydroxyl groups is 1. The average Bonchev–Trinajstić information content (AvgIpc) is 2.24. The fourth-order valence-corrected chi connectivity index (χ4v) is 1.34. The van der Waals surface area contributed by atoms with Crippen LogP contribution in [0.15, 0.2) is 42.5 Å². The molecule has 0 fully saturated rings. The molecular weight excluding hydrogens is 204 g/mol. The molecule has 1 aromatic rings. The van der Waals surface area contributed by atoms with E-state index >= 15 is 0 Å². The van der Waals surface area contributed by atoms with E-state index in [1.54, 1.807) is 0 Å². The predicted molar refractivity (Wildman–Crippen MR) is 62.7 cm³/mol. The highest BCUT2D eigenvalue weighted by Crippen LogP contribution is 2.17. The second kappa shape index (κ2) is 5.75. The van der Waals surface area contributed by atoms with E-state index in [0.717, 1.165) is 0 Å². The molecule has 0 spiro atoms. The standard InChI is InChI=1S/C13H14O3/c1-2-3-4-5-6-10-9-11(14)7-8-12(10)13(15)16/h2-5,7-9,14H,6H2,1H3,(H,15,16). The normalized spacial score (nSPS) is 11.3. The number of phenols is 1. The van der Waals surface area contributed by atoms with Crippen LogP contribution in [0.4, 0.5) is 0 Å². The number of rotatable bonds is 4. The Bertz CT molecular complexity index is 431. The van der Waals surface area contributed by atoms with Crippen molar-refractivity contribution < 1.29 is 15.0 Å². The number of allylic oxidation sites excluding steroid dienone is 4. The Hall–Kier alpha value is -2.03. The van der Waals surface area contributed by atoms with Gasteiger partial charge in [0.15, 0.2) is 0 Å². The van der Waals surface area contributed by atoms with E-state index in [-0.39, 0.29) is 11.3 Å². The molecule has 3 nitrogen and oxygen atoms in total. The summed E-state index contributed by atoms with van der Waals surface area (Å²) in [5.41, 5.74) is 0.830. The molecule has 0 aromatic heterocycles. The first kappa shape index (κ1) is 12.0. The largest absolute Gasteiger partial charge is 0.508 e. The van der Waals surface area contributed by atoms with Crippen molar-refractivity contribution in [2.24, 2.45) is 0 Å². The van der Waals surface area contributed by atoms with Gasteiger partial charge in [-0.1, -0.05) is 24.3 Å². The zero-order chi connectivity index (χ0) is 12.0. The van der Waals surface area contributed by atoms with Crippen LogP contribution in [0.1, 0.15) is 22.8 Å². The third kappa shape index (κ3) is 3.28. The molecule has 0 aliphatic carbocycles. The molecule has 0 unspecified atom stereocenters. The molecule has 1 aromatic carbocycles. The van der Waals surface area contributed by atoms with Crippen LogP contribution in [0.2, 0.25) is 0 Å². The number of carboxylic acid groups (broad SMARTS) is 1. The molecule has 2 N–H and O–H groups in total. The smallest absolute Gasteiger partial charge is 0.335 e. The summed E-state index contributed by atoms with van der Waals surface area (Å²) in [5, 5.41) is 18.2. The highest BCUT2D eigenvalue weighted by Gasteiger charge is 2.08. The Balaban J connectivity index is 2.92. The van der Waals surface area contributed by atoms with Crippen molar-refractivity contribution in [2.45, 2.75) is 13.3 Å². The van der Waals surface area contributed by atoms with Crippen LogP contribution in [0.3, 0.4) is 0 Å². The van der Waals surface area contributed by atoms with Crippen LogP contribution < -0.4 is 0 Å². The van der Waals surface area contributed by atoms with E-state index in [2.05, 4.69) is 0 Å².